The van der Waals surface area contributed by atoms with E-state index < -0.39 is 0 Å². The number of fused-ring (bicyclic) bond motifs is 2. The third-order valence-corrected chi connectivity index (χ3v) is 9.96. The fraction of sp³-hybridized carbons (Fsp3) is 0.355. The second kappa shape index (κ2) is 11.6. The maximum absolute atomic E-state index is 4.92. The highest BCUT2D eigenvalue weighted by atomic mass is 32.2. The van der Waals surface area contributed by atoms with Gasteiger partial charge < -0.3 is 15.1 Å². The van der Waals surface area contributed by atoms with Crippen LogP contribution in [-0.2, 0) is 5.75 Å². The summed E-state index contributed by atoms with van der Waals surface area (Å²) in [7, 11) is 0. The van der Waals surface area contributed by atoms with Gasteiger partial charge >= 0.3 is 0 Å². The van der Waals surface area contributed by atoms with E-state index in [0.29, 0.717) is 5.95 Å². The van der Waals surface area contributed by atoms with Gasteiger partial charge in [-0.2, -0.15) is 15.0 Å². The minimum absolute atomic E-state index is 0.616. The molecule has 0 saturated carbocycles. The van der Waals surface area contributed by atoms with Gasteiger partial charge in [-0.25, -0.2) is 4.98 Å². The van der Waals surface area contributed by atoms with E-state index in [1.54, 1.807) is 23.1 Å². The smallest absolute Gasteiger partial charge is 0.233 e. The third-order valence-electron chi connectivity index (χ3n) is 7.75. The van der Waals surface area contributed by atoms with Crippen LogP contribution in [0.4, 0.5) is 23.5 Å². The Kier molecular flexibility index (Phi) is 7.40. The Hall–Kier alpha value is -3.43. The summed E-state index contributed by atoms with van der Waals surface area (Å²) in [6.45, 7) is 4.04. The summed E-state index contributed by atoms with van der Waals surface area (Å²) in [5.74, 6) is 3.11. The normalized spacial score (nSPS) is 16.1. The number of thiazole rings is 1. The Morgan fingerprint density at radius 1 is 0.725 bits per heavy atom. The zero-order valence-corrected chi connectivity index (χ0v) is 24.2. The standard InChI is InChI=1S/C31H33N7S2/c1-5-16-37(17-6-1)29-34-28(35-30(36-29)38-18-7-2-8-19-38)32-24-14-15-26-27(20-24)40-31(33-26)39-21-23-12-9-11-22-10-3-4-13-25(22)23/h3-4,9-15,20H,1-2,5-8,16-19,21H2,(H,32,34,35,36). The molecule has 4 heterocycles. The van der Waals surface area contributed by atoms with Crippen LogP contribution in [0.5, 0.6) is 0 Å². The molecular weight excluding hydrogens is 535 g/mol. The summed E-state index contributed by atoms with van der Waals surface area (Å²) in [5.41, 5.74) is 3.34. The maximum Gasteiger partial charge on any atom is 0.233 e. The Balaban J connectivity index is 1.12. The van der Waals surface area contributed by atoms with Crippen molar-refractivity contribution in [3.8, 4) is 0 Å². The molecule has 5 aromatic rings. The largest absolute Gasteiger partial charge is 0.341 e. The summed E-state index contributed by atoms with van der Waals surface area (Å²) in [4.78, 5) is 24.2. The summed E-state index contributed by atoms with van der Waals surface area (Å²) >= 11 is 3.54. The van der Waals surface area contributed by atoms with Crippen molar-refractivity contribution in [1.29, 1.82) is 0 Å². The molecule has 7 rings (SSSR count). The first kappa shape index (κ1) is 25.5. The number of hydrogen-bond donors (Lipinski definition) is 1. The van der Waals surface area contributed by atoms with Crippen LogP contribution < -0.4 is 15.1 Å². The number of nitrogens with zero attached hydrogens (tertiary/aromatic N) is 6. The lowest BCUT2D eigenvalue weighted by Crippen LogP contribution is -2.34. The van der Waals surface area contributed by atoms with Gasteiger partial charge in [0.25, 0.3) is 0 Å². The van der Waals surface area contributed by atoms with Gasteiger partial charge in [0.2, 0.25) is 17.8 Å². The highest BCUT2D eigenvalue weighted by Gasteiger charge is 2.20. The second-order valence-electron chi connectivity index (χ2n) is 10.6. The van der Waals surface area contributed by atoms with Gasteiger partial charge in [-0.15, -0.1) is 11.3 Å². The number of thioether (sulfide) groups is 1. The van der Waals surface area contributed by atoms with Gasteiger partial charge in [0, 0.05) is 37.6 Å². The fourth-order valence-electron chi connectivity index (χ4n) is 5.61. The van der Waals surface area contributed by atoms with Crippen LogP contribution in [0.2, 0.25) is 0 Å². The van der Waals surface area contributed by atoms with Crippen molar-refractivity contribution < 1.29 is 0 Å². The van der Waals surface area contributed by atoms with Crippen LogP contribution in [0, 0.1) is 0 Å². The zero-order valence-electron chi connectivity index (χ0n) is 22.6. The van der Waals surface area contributed by atoms with Crippen LogP contribution >= 0.6 is 23.1 Å². The number of nitrogens with one attached hydrogen (secondary N) is 1. The zero-order chi connectivity index (χ0) is 26.7. The van der Waals surface area contributed by atoms with E-state index >= 15 is 0 Å². The second-order valence-corrected chi connectivity index (χ2v) is 12.8. The van der Waals surface area contributed by atoms with Crippen LogP contribution in [0.3, 0.4) is 0 Å². The lowest BCUT2D eigenvalue weighted by atomic mass is 10.1. The predicted molar refractivity (Wildman–Crippen MR) is 168 cm³/mol. The Morgan fingerprint density at radius 2 is 1.43 bits per heavy atom. The minimum atomic E-state index is 0.616. The van der Waals surface area contributed by atoms with Gasteiger partial charge in [-0.3, -0.25) is 0 Å². The van der Waals surface area contributed by atoms with Gasteiger partial charge in [-0.05, 0) is 73.1 Å². The molecule has 0 radical (unpaired) electrons. The van der Waals surface area contributed by atoms with Crippen LogP contribution in [0.25, 0.3) is 21.0 Å². The molecule has 3 aromatic carbocycles. The monoisotopic (exact) mass is 567 g/mol. The van der Waals surface area contributed by atoms with E-state index in [9.17, 15) is 0 Å². The van der Waals surface area contributed by atoms with Crippen LogP contribution in [0.15, 0.2) is 65.0 Å². The lowest BCUT2D eigenvalue weighted by Gasteiger charge is -2.30. The van der Waals surface area contributed by atoms with Crippen LogP contribution in [0.1, 0.15) is 44.1 Å². The Morgan fingerprint density at radius 3 is 2.17 bits per heavy atom. The molecule has 1 N–H and O–H groups in total. The number of piperidine rings is 2. The minimum Gasteiger partial charge on any atom is -0.341 e. The lowest BCUT2D eigenvalue weighted by molar-refractivity contribution is 0.556. The first-order valence-corrected chi connectivity index (χ1v) is 16.1. The van der Waals surface area contributed by atoms with Crippen molar-refractivity contribution in [2.45, 2.75) is 48.6 Å². The highest BCUT2D eigenvalue weighted by molar-refractivity contribution is 8.00. The van der Waals surface area contributed by atoms with Gasteiger partial charge in [0.05, 0.1) is 10.2 Å². The summed E-state index contributed by atoms with van der Waals surface area (Å²) in [6.07, 6.45) is 7.32. The molecule has 0 amide bonds. The van der Waals surface area contributed by atoms with E-state index in [2.05, 4.69) is 75.8 Å². The van der Waals surface area contributed by atoms with E-state index in [1.807, 2.05) is 0 Å². The molecule has 0 unspecified atom stereocenters. The van der Waals surface area contributed by atoms with E-state index in [4.69, 9.17) is 19.9 Å². The predicted octanol–water partition coefficient (Wildman–Crippen LogP) is 7.65. The number of benzene rings is 3. The topological polar surface area (TPSA) is 70.1 Å². The highest BCUT2D eigenvalue weighted by Crippen LogP contribution is 2.35. The van der Waals surface area contributed by atoms with Crippen molar-refractivity contribution in [1.82, 2.24) is 19.9 Å². The maximum atomic E-state index is 4.92. The molecular formula is C31H33N7S2. The Bertz CT molecular complexity index is 1580. The third kappa shape index (κ3) is 5.58. The molecule has 2 aliphatic rings. The van der Waals surface area contributed by atoms with E-state index in [0.717, 1.165) is 64.1 Å². The van der Waals surface area contributed by atoms with Crippen molar-refractivity contribution in [3.63, 3.8) is 0 Å². The average molecular weight is 568 g/mol. The molecule has 2 fully saturated rings. The summed E-state index contributed by atoms with van der Waals surface area (Å²) in [5, 5.41) is 6.10. The molecule has 40 heavy (non-hydrogen) atoms. The van der Waals surface area contributed by atoms with E-state index in [-0.39, 0.29) is 0 Å². The van der Waals surface area contributed by atoms with Crippen molar-refractivity contribution >= 4 is 67.6 Å². The molecule has 7 nitrogen and oxygen atoms in total. The summed E-state index contributed by atoms with van der Waals surface area (Å²) < 4.78 is 2.24. The number of aromatic nitrogens is 4. The molecule has 2 aliphatic heterocycles. The number of anilines is 4. The molecule has 0 aliphatic carbocycles. The molecule has 0 spiro atoms. The molecule has 2 saturated heterocycles. The summed E-state index contributed by atoms with van der Waals surface area (Å²) in [6, 6.07) is 21.5. The first-order valence-electron chi connectivity index (χ1n) is 14.3. The van der Waals surface area contributed by atoms with Gasteiger partial charge in [0.1, 0.15) is 0 Å². The molecule has 2 aromatic heterocycles. The molecule has 0 bridgehead atoms. The van der Waals surface area contributed by atoms with Crippen LogP contribution in [-0.4, -0.2) is 46.1 Å². The van der Waals surface area contributed by atoms with Crippen molar-refractivity contribution in [3.05, 3.63) is 66.2 Å². The number of hydrogen-bond acceptors (Lipinski definition) is 9. The Labute approximate surface area is 243 Å². The van der Waals surface area contributed by atoms with Gasteiger partial charge in [0.15, 0.2) is 4.34 Å². The van der Waals surface area contributed by atoms with Crippen molar-refractivity contribution in [2.75, 3.05) is 41.3 Å². The SMILES string of the molecule is c1ccc2c(CSc3nc4ccc(Nc5nc(N6CCCCC6)nc(N6CCCCC6)n5)cc4s3)cccc2c1. The van der Waals surface area contributed by atoms with Gasteiger partial charge in [-0.1, -0.05) is 54.2 Å². The quantitative estimate of drug-likeness (QED) is 0.201. The first-order chi connectivity index (χ1) is 19.8. The number of rotatable bonds is 7. The average Bonchev–Trinajstić information content (AvgIpc) is 3.43. The molecule has 0 atom stereocenters. The fourth-order valence-corrected chi connectivity index (χ4v) is 7.72. The van der Waals surface area contributed by atoms with Crippen molar-refractivity contribution in [2.24, 2.45) is 0 Å². The molecule has 204 valence electrons. The molecule has 9 heteroatoms. The van der Waals surface area contributed by atoms with E-state index in [1.165, 1.54) is 54.9 Å².